The first-order chi connectivity index (χ1) is 6.95. The lowest BCUT2D eigenvalue weighted by Gasteiger charge is -1.95. The number of fused-ring (bicyclic) bond motifs is 1. The molecule has 0 aliphatic rings. The van der Waals surface area contributed by atoms with Crippen LogP contribution >= 0.6 is 0 Å². The Morgan fingerprint density at radius 2 is 2.07 bits per heavy atom. The van der Waals surface area contributed by atoms with E-state index in [2.05, 4.69) is 5.16 Å². The molecule has 0 saturated heterocycles. The summed E-state index contributed by atoms with van der Waals surface area (Å²) in [6, 6.07) is 9.61. The molecule has 0 aliphatic carbocycles. The van der Waals surface area contributed by atoms with Gasteiger partial charge < -0.3 is 8.94 Å². The highest BCUT2D eigenvalue weighted by Gasteiger charge is 2.08. The van der Waals surface area contributed by atoms with Crippen LogP contribution in [-0.4, -0.2) is 5.16 Å². The molecule has 0 fully saturated rings. The summed E-state index contributed by atoms with van der Waals surface area (Å²) in [6.07, 6.45) is 3.34. The van der Waals surface area contributed by atoms with Crippen LogP contribution in [-0.2, 0) is 0 Å². The zero-order valence-corrected chi connectivity index (χ0v) is 7.31. The summed E-state index contributed by atoms with van der Waals surface area (Å²) in [4.78, 5) is 0. The van der Waals surface area contributed by atoms with E-state index in [1.807, 2.05) is 30.3 Å². The lowest BCUT2D eigenvalue weighted by atomic mass is 10.1. The van der Waals surface area contributed by atoms with Gasteiger partial charge in [0.15, 0.2) is 5.58 Å². The van der Waals surface area contributed by atoms with Crippen molar-refractivity contribution in [1.82, 2.24) is 5.16 Å². The lowest BCUT2D eigenvalue weighted by Crippen LogP contribution is -1.73. The molecule has 0 spiro atoms. The third-order valence-corrected chi connectivity index (χ3v) is 2.17. The molecule has 0 N–H and O–H groups in total. The van der Waals surface area contributed by atoms with Crippen molar-refractivity contribution in [3.63, 3.8) is 0 Å². The second kappa shape index (κ2) is 2.73. The predicted molar refractivity (Wildman–Crippen MR) is 51.7 cm³/mol. The SMILES string of the molecule is c1coc(-c2cccc3cnoc23)c1. The highest BCUT2D eigenvalue weighted by Crippen LogP contribution is 2.28. The average molecular weight is 185 g/mol. The van der Waals surface area contributed by atoms with Gasteiger partial charge in [-0.15, -0.1) is 0 Å². The zero-order chi connectivity index (χ0) is 9.38. The third-order valence-electron chi connectivity index (χ3n) is 2.17. The van der Waals surface area contributed by atoms with Gasteiger partial charge in [-0.25, -0.2) is 0 Å². The van der Waals surface area contributed by atoms with Crippen molar-refractivity contribution in [1.29, 1.82) is 0 Å². The molecule has 68 valence electrons. The molecule has 1 aromatic carbocycles. The summed E-state index contributed by atoms with van der Waals surface area (Å²) in [5.74, 6) is 0.798. The Labute approximate surface area is 79.9 Å². The molecule has 3 heteroatoms. The molecule has 0 radical (unpaired) electrons. The first-order valence-corrected chi connectivity index (χ1v) is 4.32. The van der Waals surface area contributed by atoms with Crippen molar-refractivity contribution in [2.45, 2.75) is 0 Å². The maximum Gasteiger partial charge on any atom is 0.177 e. The highest BCUT2D eigenvalue weighted by molar-refractivity contribution is 5.90. The molecule has 2 aromatic heterocycles. The largest absolute Gasteiger partial charge is 0.464 e. The van der Waals surface area contributed by atoms with E-state index in [0.717, 1.165) is 22.3 Å². The maximum atomic E-state index is 5.31. The minimum atomic E-state index is 0.766. The van der Waals surface area contributed by atoms with Crippen LogP contribution in [0.1, 0.15) is 0 Å². The monoisotopic (exact) mass is 185 g/mol. The van der Waals surface area contributed by atoms with Crippen molar-refractivity contribution in [2.24, 2.45) is 0 Å². The molecule has 3 nitrogen and oxygen atoms in total. The van der Waals surface area contributed by atoms with Crippen LogP contribution in [0.25, 0.3) is 22.3 Å². The second-order valence-corrected chi connectivity index (χ2v) is 3.03. The standard InChI is InChI=1S/C11H7NO2/c1-3-8-7-12-14-11(8)9(4-1)10-5-2-6-13-10/h1-7H. The molecule has 0 atom stereocenters. The van der Waals surface area contributed by atoms with Crippen LogP contribution in [0.3, 0.4) is 0 Å². The van der Waals surface area contributed by atoms with Crippen LogP contribution in [0.2, 0.25) is 0 Å². The molecule has 3 rings (SSSR count). The normalized spacial score (nSPS) is 10.9. The lowest BCUT2D eigenvalue weighted by molar-refractivity contribution is 0.456. The van der Waals surface area contributed by atoms with Crippen molar-refractivity contribution >= 4 is 11.0 Å². The van der Waals surface area contributed by atoms with Gasteiger partial charge in [0.05, 0.1) is 18.0 Å². The van der Waals surface area contributed by atoms with E-state index in [0.29, 0.717) is 0 Å². The number of para-hydroxylation sites is 1. The topological polar surface area (TPSA) is 39.2 Å². The second-order valence-electron chi connectivity index (χ2n) is 3.03. The molecule has 2 heterocycles. The van der Waals surface area contributed by atoms with Gasteiger partial charge in [-0.3, -0.25) is 0 Å². The molecule has 0 bridgehead atoms. The van der Waals surface area contributed by atoms with Crippen molar-refractivity contribution in [3.8, 4) is 11.3 Å². The van der Waals surface area contributed by atoms with Gasteiger partial charge in [0.25, 0.3) is 0 Å². The van der Waals surface area contributed by atoms with Gasteiger partial charge in [0, 0.05) is 5.39 Å². The van der Waals surface area contributed by atoms with E-state index in [9.17, 15) is 0 Å². The van der Waals surface area contributed by atoms with E-state index >= 15 is 0 Å². The zero-order valence-electron chi connectivity index (χ0n) is 7.31. The Kier molecular flexibility index (Phi) is 1.44. The quantitative estimate of drug-likeness (QED) is 0.584. The van der Waals surface area contributed by atoms with Gasteiger partial charge in [-0.1, -0.05) is 11.2 Å². The fraction of sp³-hybridized carbons (Fsp3) is 0. The number of benzene rings is 1. The number of hydrogen-bond donors (Lipinski definition) is 0. The van der Waals surface area contributed by atoms with Crippen LogP contribution < -0.4 is 0 Å². The molecule has 0 unspecified atom stereocenters. The number of furan rings is 1. The number of hydrogen-bond acceptors (Lipinski definition) is 3. The maximum absolute atomic E-state index is 5.31. The van der Waals surface area contributed by atoms with Crippen LogP contribution in [0.15, 0.2) is 51.7 Å². The number of aromatic nitrogens is 1. The van der Waals surface area contributed by atoms with Gasteiger partial charge in [0.2, 0.25) is 0 Å². The summed E-state index contributed by atoms with van der Waals surface area (Å²) >= 11 is 0. The van der Waals surface area contributed by atoms with Crippen LogP contribution in [0.5, 0.6) is 0 Å². The van der Waals surface area contributed by atoms with Crippen LogP contribution in [0, 0.1) is 0 Å². The van der Waals surface area contributed by atoms with Crippen molar-refractivity contribution in [2.75, 3.05) is 0 Å². The summed E-state index contributed by atoms with van der Waals surface area (Å²) in [6.45, 7) is 0. The van der Waals surface area contributed by atoms with E-state index in [1.54, 1.807) is 12.5 Å². The first-order valence-electron chi connectivity index (χ1n) is 4.32. The minimum absolute atomic E-state index is 0.766. The van der Waals surface area contributed by atoms with Gasteiger partial charge in [0.1, 0.15) is 5.76 Å². The highest BCUT2D eigenvalue weighted by atomic mass is 16.5. The van der Waals surface area contributed by atoms with E-state index in [-0.39, 0.29) is 0 Å². The molecular weight excluding hydrogens is 178 g/mol. The molecule has 3 aromatic rings. The summed E-state index contributed by atoms with van der Waals surface area (Å²) in [5, 5.41) is 4.74. The van der Waals surface area contributed by atoms with E-state index in [1.165, 1.54) is 0 Å². The average Bonchev–Trinajstić information content (AvgIpc) is 2.88. The Morgan fingerprint density at radius 3 is 2.93 bits per heavy atom. The smallest absolute Gasteiger partial charge is 0.177 e. The molecule has 0 saturated carbocycles. The first kappa shape index (κ1) is 7.38. The third kappa shape index (κ3) is 0.956. The van der Waals surface area contributed by atoms with E-state index < -0.39 is 0 Å². The predicted octanol–water partition coefficient (Wildman–Crippen LogP) is 3.09. The Morgan fingerprint density at radius 1 is 1.07 bits per heavy atom. The van der Waals surface area contributed by atoms with Crippen molar-refractivity contribution < 1.29 is 8.94 Å². The fourth-order valence-electron chi connectivity index (χ4n) is 1.52. The summed E-state index contributed by atoms with van der Waals surface area (Å²) in [5.41, 5.74) is 1.70. The molecule has 0 amide bonds. The fourth-order valence-corrected chi connectivity index (χ4v) is 1.52. The summed E-state index contributed by atoms with van der Waals surface area (Å²) in [7, 11) is 0. The van der Waals surface area contributed by atoms with Crippen molar-refractivity contribution in [3.05, 3.63) is 42.8 Å². The number of rotatable bonds is 1. The van der Waals surface area contributed by atoms with Gasteiger partial charge in [-0.05, 0) is 24.3 Å². The van der Waals surface area contributed by atoms with Crippen LogP contribution in [0.4, 0.5) is 0 Å². The Bertz CT molecular complexity index is 551. The van der Waals surface area contributed by atoms with Gasteiger partial charge >= 0.3 is 0 Å². The Balaban J connectivity index is 2.36. The molecule has 14 heavy (non-hydrogen) atoms. The number of nitrogens with zero attached hydrogens (tertiary/aromatic N) is 1. The van der Waals surface area contributed by atoms with Gasteiger partial charge in [-0.2, -0.15) is 0 Å². The van der Waals surface area contributed by atoms with E-state index in [4.69, 9.17) is 8.94 Å². The Hall–Kier alpha value is -2.03. The molecule has 0 aliphatic heterocycles. The molecular formula is C11H7NO2. The minimum Gasteiger partial charge on any atom is -0.464 e. The summed E-state index contributed by atoms with van der Waals surface area (Å²) < 4.78 is 10.5.